The van der Waals surface area contributed by atoms with Crippen LogP contribution in [0.4, 0.5) is 4.39 Å². The number of piperidine rings is 1. The van der Waals surface area contributed by atoms with Crippen LogP contribution in [0.1, 0.15) is 44.2 Å². The molecule has 1 fully saturated rings. The summed E-state index contributed by atoms with van der Waals surface area (Å²) in [6, 6.07) is 6.44. The van der Waals surface area contributed by atoms with Crippen LogP contribution in [0.15, 0.2) is 23.2 Å². The van der Waals surface area contributed by atoms with Gasteiger partial charge in [0.25, 0.3) is 0 Å². The fraction of sp³-hybridized carbons (Fsp3) is 0.600. The standard InChI is InChI=1S/C20H30FN5.HI/c1-3-23-20(24-9-4-10-26-11-7-16(2)8-12-26)25-15-18-6-5-17(14-22)13-19(18)21;/h5-6,13,16H,3-4,7-12,15H2,1-2H3,(H2,23,24,25);1H. The third-order valence-electron chi connectivity index (χ3n) is 4.75. The molecule has 1 aliphatic rings. The van der Waals surface area contributed by atoms with E-state index in [-0.39, 0.29) is 36.3 Å². The molecule has 27 heavy (non-hydrogen) atoms. The highest BCUT2D eigenvalue weighted by Gasteiger charge is 2.14. The molecule has 2 N–H and O–H groups in total. The van der Waals surface area contributed by atoms with E-state index in [9.17, 15) is 4.39 Å². The molecule has 0 amide bonds. The van der Waals surface area contributed by atoms with Gasteiger partial charge in [0.2, 0.25) is 0 Å². The van der Waals surface area contributed by atoms with Gasteiger partial charge in [-0.25, -0.2) is 9.38 Å². The molecular formula is C20H31FIN5. The van der Waals surface area contributed by atoms with E-state index in [1.54, 1.807) is 12.1 Å². The molecule has 0 saturated carbocycles. The maximum Gasteiger partial charge on any atom is 0.191 e. The van der Waals surface area contributed by atoms with E-state index in [2.05, 4.69) is 27.4 Å². The van der Waals surface area contributed by atoms with Crippen molar-refractivity contribution >= 4 is 29.9 Å². The predicted molar refractivity (Wildman–Crippen MR) is 119 cm³/mol. The molecule has 1 aromatic carbocycles. The van der Waals surface area contributed by atoms with Crippen LogP contribution in [-0.2, 0) is 6.54 Å². The van der Waals surface area contributed by atoms with Gasteiger partial charge in [0.05, 0.1) is 18.2 Å². The lowest BCUT2D eigenvalue weighted by molar-refractivity contribution is 0.191. The second-order valence-corrected chi connectivity index (χ2v) is 6.92. The van der Waals surface area contributed by atoms with E-state index in [4.69, 9.17) is 5.26 Å². The van der Waals surface area contributed by atoms with Crippen LogP contribution in [0.25, 0.3) is 0 Å². The van der Waals surface area contributed by atoms with Crippen LogP contribution in [0, 0.1) is 23.1 Å². The molecule has 0 aromatic heterocycles. The molecule has 0 radical (unpaired) electrons. The minimum absolute atomic E-state index is 0. The van der Waals surface area contributed by atoms with Gasteiger partial charge in [0.1, 0.15) is 5.82 Å². The number of nitrogens with one attached hydrogen (secondary N) is 2. The Morgan fingerprint density at radius 3 is 2.70 bits per heavy atom. The Bertz CT molecular complexity index is 636. The van der Waals surface area contributed by atoms with Crippen molar-refractivity contribution in [3.63, 3.8) is 0 Å². The summed E-state index contributed by atoms with van der Waals surface area (Å²) in [5.74, 6) is 1.17. The van der Waals surface area contributed by atoms with Gasteiger partial charge in [0, 0.05) is 18.7 Å². The Morgan fingerprint density at radius 1 is 1.33 bits per heavy atom. The highest BCUT2D eigenvalue weighted by Crippen LogP contribution is 2.15. The quantitative estimate of drug-likeness (QED) is 0.268. The number of hydrogen-bond donors (Lipinski definition) is 2. The van der Waals surface area contributed by atoms with E-state index >= 15 is 0 Å². The summed E-state index contributed by atoms with van der Waals surface area (Å²) in [6.45, 7) is 9.68. The van der Waals surface area contributed by atoms with Crippen molar-refractivity contribution in [1.29, 1.82) is 5.26 Å². The average Bonchev–Trinajstić information content (AvgIpc) is 2.65. The third-order valence-corrected chi connectivity index (χ3v) is 4.75. The molecule has 0 bridgehead atoms. The summed E-state index contributed by atoms with van der Waals surface area (Å²) in [7, 11) is 0. The van der Waals surface area contributed by atoms with Crippen LogP contribution in [0.3, 0.4) is 0 Å². The summed E-state index contributed by atoms with van der Waals surface area (Å²) in [6.07, 6.45) is 3.66. The van der Waals surface area contributed by atoms with Gasteiger partial charge in [-0.2, -0.15) is 5.26 Å². The topological polar surface area (TPSA) is 63.5 Å². The van der Waals surface area contributed by atoms with Crippen LogP contribution >= 0.6 is 24.0 Å². The van der Waals surface area contributed by atoms with Gasteiger partial charge >= 0.3 is 0 Å². The van der Waals surface area contributed by atoms with Gasteiger partial charge in [0.15, 0.2) is 5.96 Å². The highest BCUT2D eigenvalue weighted by molar-refractivity contribution is 14.0. The molecule has 0 atom stereocenters. The van der Waals surface area contributed by atoms with Crippen LogP contribution in [0.2, 0.25) is 0 Å². The largest absolute Gasteiger partial charge is 0.357 e. The van der Waals surface area contributed by atoms with Crippen LogP contribution in [0.5, 0.6) is 0 Å². The Kier molecular flexibility index (Phi) is 11.3. The fourth-order valence-corrected chi connectivity index (χ4v) is 3.05. The second kappa shape index (κ2) is 12.9. The Hall–Kier alpha value is -1.40. The van der Waals surface area contributed by atoms with Crippen LogP contribution in [-0.4, -0.2) is 43.6 Å². The molecule has 0 spiro atoms. The fourth-order valence-electron chi connectivity index (χ4n) is 3.05. The molecule has 1 heterocycles. The Balaban J connectivity index is 0.00000364. The zero-order chi connectivity index (χ0) is 18.8. The number of likely N-dealkylation sites (tertiary alicyclic amines) is 1. The van der Waals surface area contributed by atoms with Gasteiger partial charge in [-0.05, 0) is 63.9 Å². The summed E-state index contributed by atoms with van der Waals surface area (Å²) < 4.78 is 13.9. The van der Waals surface area contributed by atoms with E-state index in [1.807, 2.05) is 13.0 Å². The number of hydrogen-bond acceptors (Lipinski definition) is 3. The van der Waals surface area contributed by atoms with E-state index < -0.39 is 0 Å². The number of guanidine groups is 1. The lowest BCUT2D eigenvalue weighted by Crippen LogP contribution is -2.39. The Morgan fingerprint density at radius 2 is 2.07 bits per heavy atom. The number of nitriles is 1. The Labute approximate surface area is 179 Å². The number of aliphatic imine (C=N–C) groups is 1. The van der Waals surface area contributed by atoms with Gasteiger partial charge < -0.3 is 15.5 Å². The van der Waals surface area contributed by atoms with Crippen molar-refractivity contribution in [2.45, 2.75) is 39.7 Å². The molecular weight excluding hydrogens is 456 g/mol. The highest BCUT2D eigenvalue weighted by atomic mass is 127. The van der Waals surface area contributed by atoms with Crippen molar-refractivity contribution in [3.05, 3.63) is 35.1 Å². The molecule has 5 nitrogen and oxygen atoms in total. The third kappa shape index (κ3) is 8.43. The number of rotatable bonds is 7. The lowest BCUT2D eigenvalue weighted by Gasteiger charge is -2.30. The molecule has 1 saturated heterocycles. The monoisotopic (exact) mass is 487 g/mol. The summed E-state index contributed by atoms with van der Waals surface area (Å²) in [5.41, 5.74) is 0.816. The van der Waals surface area contributed by atoms with E-state index in [0.717, 1.165) is 32.0 Å². The summed E-state index contributed by atoms with van der Waals surface area (Å²) in [4.78, 5) is 6.98. The zero-order valence-electron chi connectivity index (χ0n) is 16.3. The summed E-state index contributed by atoms with van der Waals surface area (Å²) in [5, 5.41) is 15.3. The first kappa shape index (κ1) is 23.6. The van der Waals surface area contributed by atoms with E-state index in [0.29, 0.717) is 17.1 Å². The second-order valence-electron chi connectivity index (χ2n) is 6.92. The van der Waals surface area contributed by atoms with Crippen molar-refractivity contribution in [3.8, 4) is 6.07 Å². The van der Waals surface area contributed by atoms with Crippen molar-refractivity contribution in [2.24, 2.45) is 10.9 Å². The number of benzene rings is 1. The maximum atomic E-state index is 13.9. The minimum Gasteiger partial charge on any atom is -0.357 e. The first-order valence-corrected chi connectivity index (χ1v) is 9.55. The molecule has 1 aromatic rings. The molecule has 2 rings (SSSR count). The molecule has 150 valence electrons. The normalized spacial score (nSPS) is 15.7. The molecule has 1 aliphatic heterocycles. The smallest absolute Gasteiger partial charge is 0.191 e. The molecule has 0 aliphatic carbocycles. The first-order valence-electron chi connectivity index (χ1n) is 9.55. The van der Waals surface area contributed by atoms with Crippen molar-refractivity contribution in [1.82, 2.24) is 15.5 Å². The minimum atomic E-state index is -0.386. The zero-order valence-corrected chi connectivity index (χ0v) is 18.6. The lowest BCUT2D eigenvalue weighted by atomic mass is 9.99. The molecule has 0 unspecified atom stereocenters. The van der Waals surface area contributed by atoms with E-state index in [1.165, 1.54) is 32.0 Å². The predicted octanol–water partition coefficient (Wildman–Crippen LogP) is 3.49. The van der Waals surface area contributed by atoms with Gasteiger partial charge in [-0.3, -0.25) is 0 Å². The van der Waals surface area contributed by atoms with Crippen molar-refractivity contribution < 1.29 is 4.39 Å². The number of nitrogens with zero attached hydrogens (tertiary/aromatic N) is 3. The molecule has 7 heteroatoms. The van der Waals surface area contributed by atoms with Crippen LogP contribution < -0.4 is 10.6 Å². The van der Waals surface area contributed by atoms with Gasteiger partial charge in [-0.15, -0.1) is 24.0 Å². The van der Waals surface area contributed by atoms with Crippen molar-refractivity contribution in [2.75, 3.05) is 32.7 Å². The number of halogens is 2. The average molecular weight is 487 g/mol. The SMILES string of the molecule is CCNC(=NCc1ccc(C#N)cc1F)NCCCN1CCC(C)CC1.I. The van der Waals surface area contributed by atoms with Gasteiger partial charge in [-0.1, -0.05) is 13.0 Å². The summed E-state index contributed by atoms with van der Waals surface area (Å²) >= 11 is 0. The first-order chi connectivity index (χ1) is 12.6. The maximum absolute atomic E-state index is 13.9.